The number of hydrazone groups is 1. The Kier molecular flexibility index (Phi) is 6.96. The summed E-state index contributed by atoms with van der Waals surface area (Å²) < 4.78 is 21.0. The Labute approximate surface area is 180 Å². The van der Waals surface area contributed by atoms with E-state index in [-0.39, 0.29) is 12.7 Å². The van der Waals surface area contributed by atoms with Crippen LogP contribution in [0.5, 0.6) is 23.0 Å². The third kappa shape index (κ3) is 5.25. The Balaban J connectivity index is 1.67. The predicted molar refractivity (Wildman–Crippen MR) is 114 cm³/mol. The van der Waals surface area contributed by atoms with Crippen molar-refractivity contribution in [1.82, 2.24) is 10.7 Å². The van der Waals surface area contributed by atoms with Crippen LogP contribution in [0.3, 0.4) is 0 Å². The first-order valence-corrected chi connectivity index (χ1v) is 9.68. The number of fused-ring (bicyclic) bond motifs is 1. The van der Waals surface area contributed by atoms with Gasteiger partial charge in [0.05, 0.1) is 20.4 Å². The topological polar surface area (TPSA) is 107 Å². The highest BCUT2D eigenvalue weighted by molar-refractivity contribution is 5.98. The van der Waals surface area contributed by atoms with Crippen molar-refractivity contribution in [2.45, 2.75) is 19.9 Å². The Morgan fingerprint density at radius 3 is 2.55 bits per heavy atom. The van der Waals surface area contributed by atoms with Crippen LogP contribution in [0.1, 0.15) is 29.8 Å². The van der Waals surface area contributed by atoms with Gasteiger partial charge in [-0.05, 0) is 42.3 Å². The summed E-state index contributed by atoms with van der Waals surface area (Å²) in [5.74, 6) is 1.28. The van der Waals surface area contributed by atoms with Crippen molar-refractivity contribution >= 4 is 18.0 Å². The summed E-state index contributed by atoms with van der Waals surface area (Å²) in [6.45, 7) is 3.78. The third-order valence-electron chi connectivity index (χ3n) is 4.69. The molecule has 2 aromatic rings. The van der Waals surface area contributed by atoms with Crippen molar-refractivity contribution in [3.8, 4) is 23.0 Å². The molecule has 2 N–H and O–H groups in total. The molecular formula is C22H25N3O6. The van der Waals surface area contributed by atoms with E-state index >= 15 is 0 Å². The van der Waals surface area contributed by atoms with Crippen LogP contribution in [0.15, 0.2) is 41.5 Å². The van der Waals surface area contributed by atoms with Crippen LogP contribution >= 0.6 is 0 Å². The molecule has 2 amide bonds. The normalized spacial score (nSPS) is 13.2. The number of carbonyl (C=O) groups excluding carboxylic acids is 2. The summed E-state index contributed by atoms with van der Waals surface area (Å²) in [4.78, 5) is 25.3. The first-order valence-electron chi connectivity index (χ1n) is 9.68. The summed E-state index contributed by atoms with van der Waals surface area (Å²) in [5.41, 5.74) is 3.47. The van der Waals surface area contributed by atoms with Crippen LogP contribution in [0.25, 0.3) is 0 Å². The fourth-order valence-electron chi connectivity index (χ4n) is 2.97. The van der Waals surface area contributed by atoms with Gasteiger partial charge in [0.15, 0.2) is 11.5 Å². The molecule has 0 saturated carbocycles. The standard InChI is InChI=1S/C22H25N3O6/c1-13(2)20(24-21(26)14-5-7-18-19(10-14)31-12-30-18)22(27)25-23-11-15-9-16(28-3)6-8-17(15)29-4/h5-11,13,20H,12H2,1-4H3,(H,24,26)(H,25,27)/b23-11+. The van der Waals surface area contributed by atoms with Crippen molar-refractivity contribution < 1.29 is 28.5 Å². The monoisotopic (exact) mass is 427 g/mol. The number of rotatable bonds is 8. The van der Waals surface area contributed by atoms with Gasteiger partial charge < -0.3 is 24.3 Å². The molecular weight excluding hydrogens is 402 g/mol. The molecule has 0 bridgehead atoms. The summed E-state index contributed by atoms with van der Waals surface area (Å²) in [6.07, 6.45) is 1.45. The number of ether oxygens (including phenoxy) is 4. The van der Waals surface area contributed by atoms with Gasteiger partial charge in [-0.1, -0.05) is 13.8 Å². The van der Waals surface area contributed by atoms with Gasteiger partial charge in [0, 0.05) is 11.1 Å². The summed E-state index contributed by atoms with van der Waals surface area (Å²) in [6, 6.07) is 9.30. The van der Waals surface area contributed by atoms with Crippen LogP contribution < -0.4 is 29.7 Å². The minimum atomic E-state index is -0.790. The highest BCUT2D eigenvalue weighted by atomic mass is 16.7. The van der Waals surface area contributed by atoms with Crippen molar-refractivity contribution in [2.24, 2.45) is 11.0 Å². The number of benzene rings is 2. The summed E-state index contributed by atoms with van der Waals surface area (Å²) in [7, 11) is 3.10. The first-order chi connectivity index (χ1) is 14.9. The van der Waals surface area contributed by atoms with Gasteiger partial charge in [0.1, 0.15) is 17.5 Å². The average Bonchev–Trinajstić information content (AvgIpc) is 3.24. The smallest absolute Gasteiger partial charge is 0.262 e. The molecule has 0 saturated heterocycles. The van der Waals surface area contributed by atoms with Crippen molar-refractivity contribution in [3.63, 3.8) is 0 Å². The third-order valence-corrected chi connectivity index (χ3v) is 4.69. The lowest BCUT2D eigenvalue weighted by Gasteiger charge is -2.20. The molecule has 0 aliphatic carbocycles. The highest BCUT2D eigenvalue weighted by Crippen LogP contribution is 2.32. The zero-order valence-electron chi connectivity index (χ0n) is 17.8. The van der Waals surface area contributed by atoms with Crippen LogP contribution in [-0.4, -0.2) is 45.1 Å². The second-order valence-electron chi connectivity index (χ2n) is 7.11. The molecule has 0 aromatic heterocycles. The molecule has 0 spiro atoms. The molecule has 0 fully saturated rings. The predicted octanol–water partition coefficient (Wildman–Crippen LogP) is 2.34. The number of amides is 2. The second-order valence-corrected chi connectivity index (χ2v) is 7.11. The lowest BCUT2D eigenvalue weighted by atomic mass is 10.0. The Hall–Kier alpha value is -3.75. The molecule has 1 aliphatic heterocycles. The molecule has 1 atom stereocenters. The van der Waals surface area contributed by atoms with Gasteiger partial charge >= 0.3 is 0 Å². The average molecular weight is 427 g/mol. The number of carbonyl (C=O) groups is 2. The van der Waals surface area contributed by atoms with E-state index in [2.05, 4.69) is 15.8 Å². The zero-order valence-corrected chi connectivity index (χ0v) is 17.8. The fraction of sp³-hybridized carbons (Fsp3) is 0.318. The SMILES string of the molecule is COc1ccc(OC)c(/C=N/NC(=O)C(NC(=O)c2ccc3c(c2)OCO3)C(C)C)c1. The van der Waals surface area contributed by atoms with E-state index in [0.717, 1.165) is 0 Å². The lowest BCUT2D eigenvalue weighted by Crippen LogP contribution is -2.48. The van der Waals surface area contributed by atoms with Crippen LogP contribution in [0, 0.1) is 5.92 Å². The maximum Gasteiger partial charge on any atom is 0.262 e. The van der Waals surface area contributed by atoms with E-state index in [4.69, 9.17) is 18.9 Å². The van der Waals surface area contributed by atoms with Crippen LogP contribution in [0.4, 0.5) is 0 Å². The molecule has 1 aliphatic rings. The largest absolute Gasteiger partial charge is 0.497 e. The van der Waals surface area contributed by atoms with Crippen molar-refractivity contribution in [1.29, 1.82) is 0 Å². The number of nitrogens with zero attached hydrogens (tertiary/aromatic N) is 1. The van der Waals surface area contributed by atoms with E-state index in [0.29, 0.717) is 34.1 Å². The quantitative estimate of drug-likeness (QED) is 0.495. The minimum absolute atomic E-state index is 0.119. The van der Waals surface area contributed by atoms with Gasteiger partial charge in [-0.15, -0.1) is 0 Å². The Bertz CT molecular complexity index is 989. The number of hydrogen-bond donors (Lipinski definition) is 2. The zero-order chi connectivity index (χ0) is 22.4. The van der Waals surface area contributed by atoms with Crippen LogP contribution in [-0.2, 0) is 4.79 Å². The van der Waals surface area contributed by atoms with Gasteiger partial charge in [0.2, 0.25) is 6.79 Å². The lowest BCUT2D eigenvalue weighted by molar-refractivity contribution is -0.123. The Morgan fingerprint density at radius 2 is 1.84 bits per heavy atom. The fourth-order valence-corrected chi connectivity index (χ4v) is 2.97. The van der Waals surface area contributed by atoms with E-state index in [9.17, 15) is 9.59 Å². The Morgan fingerprint density at radius 1 is 1.06 bits per heavy atom. The molecule has 3 rings (SSSR count). The van der Waals surface area contributed by atoms with E-state index in [1.165, 1.54) is 13.3 Å². The van der Waals surface area contributed by atoms with Gasteiger partial charge in [0.25, 0.3) is 11.8 Å². The van der Waals surface area contributed by atoms with E-state index in [1.54, 1.807) is 43.5 Å². The summed E-state index contributed by atoms with van der Waals surface area (Å²) >= 11 is 0. The van der Waals surface area contributed by atoms with E-state index in [1.807, 2.05) is 13.8 Å². The van der Waals surface area contributed by atoms with Gasteiger partial charge in [-0.25, -0.2) is 5.43 Å². The minimum Gasteiger partial charge on any atom is -0.497 e. The maximum absolute atomic E-state index is 12.7. The first kappa shape index (κ1) is 21.9. The van der Waals surface area contributed by atoms with Crippen LogP contribution in [0.2, 0.25) is 0 Å². The van der Waals surface area contributed by atoms with Crippen molar-refractivity contribution in [2.75, 3.05) is 21.0 Å². The van der Waals surface area contributed by atoms with Gasteiger partial charge in [-0.3, -0.25) is 9.59 Å². The van der Waals surface area contributed by atoms with Gasteiger partial charge in [-0.2, -0.15) is 5.10 Å². The molecule has 164 valence electrons. The molecule has 31 heavy (non-hydrogen) atoms. The molecule has 1 unspecified atom stereocenters. The molecule has 1 heterocycles. The summed E-state index contributed by atoms with van der Waals surface area (Å²) in [5, 5.41) is 6.76. The molecule has 2 aromatic carbocycles. The van der Waals surface area contributed by atoms with E-state index < -0.39 is 17.9 Å². The number of nitrogens with one attached hydrogen (secondary N) is 2. The maximum atomic E-state index is 12.7. The molecule has 9 nitrogen and oxygen atoms in total. The van der Waals surface area contributed by atoms with Crippen molar-refractivity contribution in [3.05, 3.63) is 47.5 Å². The molecule has 9 heteroatoms. The number of methoxy groups -OCH3 is 2. The second kappa shape index (κ2) is 9.84. The highest BCUT2D eigenvalue weighted by Gasteiger charge is 2.25. The molecule has 0 radical (unpaired) electrons. The number of hydrogen-bond acceptors (Lipinski definition) is 7.